The Bertz CT molecular complexity index is 841. The molecule has 25 heavy (non-hydrogen) atoms. The molecule has 4 rings (SSSR count). The Morgan fingerprint density at radius 1 is 1.24 bits per heavy atom. The monoisotopic (exact) mass is 352 g/mol. The molecule has 0 atom stereocenters. The van der Waals surface area contributed by atoms with Gasteiger partial charge in [0.05, 0.1) is 10.7 Å². The smallest absolute Gasteiger partial charge is 0.265 e. The largest absolute Gasteiger partial charge is 0.338 e. The lowest BCUT2D eigenvalue weighted by molar-refractivity contribution is 0.0694. The maximum absolute atomic E-state index is 13.0. The zero-order valence-corrected chi connectivity index (χ0v) is 15.9. The summed E-state index contributed by atoms with van der Waals surface area (Å²) in [5, 5.41) is 1.06. The van der Waals surface area contributed by atoms with E-state index >= 15 is 0 Å². The predicted molar refractivity (Wildman–Crippen MR) is 103 cm³/mol. The van der Waals surface area contributed by atoms with Crippen molar-refractivity contribution in [2.24, 2.45) is 0 Å². The van der Waals surface area contributed by atoms with Crippen LogP contribution in [0.4, 0.5) is 0 Å². The molecule has 1 aliphatic carbocycles. The molecule has 1 aromatic heterocycles. The molecule has 4 heteroatoms. The Morgan fingerprint density at radius 2 is 1.96 bits per heavy atom. The van der Waals surface area contributed by atoms with Crippen molar-refractivity contribution in [1.82, 2.24) is 9.88 Å². The first-order valence-corrected chi connectivity index (χ1v) is 9.87. The van der Waals surface area contributed by atoms with Gasteiger partial charge in [-0.3, -0.25) is 4.79 Å². The van der Waals surface area contributed by atoms with Crippen LogP contribution in [0.25, 0.3) is 6.08 Å². The van der Waals surface area contributed by atoms with Crippen LogP contribution in [0, 0.1) is 6.92 Å². The molecule has 130 valence electrons. The number of rotatable bonds is 2. The average molecular weight is 353 g/mol. The van der Waals surface area contributed by atoms with Crippen molar-refractivity contribution in [1.29, 1.82) is 0 Å². The van der Waals surface area contributed by atoms with Gasteiger partial charge in [-0.25, -0.2) is 4.98 Å². The number of amides is 1. The van der Waals surface area contributed by atoms with Crippen LogP contribution < -0.4 is 0 Å². The normalized spacial score (nSPS) is 18.2. The number of aryl methyl sites for hydroxylation is 1. The van der Waals surface area contributed by atoms with E-state index in [1.54, 1.807) is 11.3 Å². The number of allylic oxidation sites excluding steroid dienone is 1. The molecular weight excluding hydrogens is 328 g/mol. The maximum atomic E-state index is 13.0. The fraction of sp³-hybridized carbons (Fsp3) is 0.429. The van der Waals surface area contributed by atoms with Gasteiger partial charge in [0.2, 0.25) is 0 Å². The van der Waals surface area contributed by atoms with Crippen LogP contribution >= 0.6 is 11.3 Å². The summed E-state index contributed by atoms with van der Waals surface area (Å²) in [6.45, 7) is 7.83. The first-order chi connectivity index (χ1) is 12.0. The quantitative estimate of drug-likeness (QED) is 0.779. The minimum atomic E-state index is 0.124. The fourth-order valence-corrected chi connectivity index (χ4v) is 5.02. The van der Waals surface area contributed by atoms with Crippen molar-refractivity contribution >= 4 is 23.3 Å². The summed E-state index contributed by atoms with van der Waals surface area (Å²) >= 11 is 1.57. The topological polar surface area (TPSA) is 33.2 Å². The first kappa shape index (κ1) is 16.5. The molecule has 2 aliphatic rings. The molecule has 1 fully saturated rings. The first-order valence-electron chi connectivity index (χ1n) is 9.05. The lowest BCUT2D eigenvalue weighted by atomic mass is 9.74. The third kappa shape index (κ3) is 2.73. The van der Waals surface area contributed by atoms with Crippen molar-refractivity contribution in [3.05, 3.63) is 57.0 Å². The number of hydrogen-bond donors (Lipinski definition) is 0. The van der Waals surface area contributed by atoms with E-state index in [1.165, 1.54) is 11.1 Å². The van der Waals surface area contributed by atoms with E-state index < -0.39 is 0 Å². The molecule has 2 heterocycles. The number of aromatic nitrogens is 1. The van der Waals surface area contributed by atoms with Gasteiger partial charge in [0, 0.05) is 24.4 Å². The highest BCUT2D eigenvalue weighted by Crippen LogP contribution is 2.43. The zero-order valence-electron chi connectivity index (χ0n) is 15.1. The molecule has 1 saturated heterocycles. The highest BCUT2D eigenvalue weighted by molar-refractivity contribution is 7.13. The zero-order chi connectivity index (χ0) is 17.6. The Morgan fingerprint density at radius 3 is 2.64 bits per heavy atom. The van der Waals surface area contributed by atoms with Gasteiger partial charge in [0.15, 0.2) is 0 Å². The number of likely N-dealkylation sites (tertiary alicyclic amines) is 1. The van der Waals surface area contributed by atoms with Gasteiger partial charge in [-0.15, -0.1) is 11.3 Å². The molecule has 1 amide bonds. The maximum Gasteiger partial charge on any atom is 0.265 e. The summed E-state index contributed by atoms with van der Waals surface area (Å²) < 4.78 is 0. The Hall–Kier alpha value is -1.94. The minimum absolute atomic E-state index is 0.124. The molecular formula is C21H24N2OS. The van der Waals surface area contributed by atoms with Gasteiger partial charge in [0.25, 0.3) is 5.91 Å². The van der Waals surface area contributed by atoms with E-state index in [1.807, 2.05) is 11.8 Å². The molecule has 1 spiro atoms. The standard InChI is InChI=1S/C21H24N2OS/c1-14(2)19-22-15(3)18(25-19)20(24)23-12-10-21(11-13-23)9-8-16-6-4-5-7-17(16)21/h4-9,14H,10-13H2,1-3H3. The Labute approximate surface area is 153 Å². The van der Waals surface area contributed by atoms with Crippen LogP contribution in [0.5, 0.6) is 0 Å². The van der Waals surface area contributed by atoms with Crippen molar-refractivity contribution in [2.75, 3.05) is 13.1 Å². The Balaban J connectivity index is 1.51. The molecule has 0 saturated carbocycles. The van der Waals surface area contributed by atoms with Crippen molar-refractivity contribution in [3.63, 3.8) is 0 Å². The third-order valence-electron chi connectivity index (χ3n) is 5.52. The van der Waals surface area contributed by atoms with Crippen molar-refractivity contribution in [3.8, 4) is 0 Å². The van der Waals surface area contributed by atoms with E-state index in [-0.39, 0.29) is 11.3 Å². The summed E-state index contributed by atoms with van der Waals surface area (Å²) in [6.07, 6.45) is 6.60. The van der Waals surface area contributed by atoms with E-state index in [0.717, 1.165) is 41.5 Å². The highest BCUT2D eigenvalue weighted by atomic mass is 32.1. The highest BCUT2D eigenvalue weighted by Gasteiger charge is 2.39. The number of fused-ring (bicyclic) bond motifs is 2. The van der Waals surface area contributed by atoms with E-state index in [2.05, 4.69) is 55.2 Å². The summed E-state index contributed by atoms with van der Waals surface area (Å²) in [6, 6.07) is 8.65. The lowest BCUT2D eigenvalue weighted by Gasteiger charge is -2.39. The van der Waals surface area contributed by atoms with Crippen LogP contribution in [0.15, 0.2) is 30.3 Å². The van der Waals surface area contributed by atoms with Gasteiger partial charge in [-0.05, 0) is 30.9 Å². The van der Waals surface area contributed by atoms with Crippen LogP contribution in [-0.2, 0) is 5.41 Å². The molecule has 0 N–H and O–H groups in total. The number of nitrogens with zero attached hydrogens (tertiary/aromatic N) is 2. The predicted octanol–water partition coefficient (Wildman–Crippen LogP) is 4.78. The molecule has 0 unspecified atom stereocenters. The second-order valence-electron chi connectivity index (χ2n) is 7.49. The molecule has 1 aliphatic heterocycles. The number of benzene rings is 1. The number of carbonyl (C=O) groups is 1. The SMILES string of the molecule is Cc1nc(C(C)C)sc1C(=O)N1CCC2(C=Cc3ccccc32)CC1. The number of carbonyl (C=O) groups excluding carboxylic acids is 1. The van der Waals surface area contributed by atoms with Crippen LogP contribution in [0.1, 0.15) is 64.1 Å². The van der Waals surface area contributed by atoms with Gasteiger partial charge < -0.3 is 4.90 Å². The number of thiazole rings is 1. The molecule has 1 aromatic carbocycles. The Kier molecular flexibility index (Phi) is 4.03. The fourth-order valence-electron chi connectivity index (χ4n) is 3.99. The number of piperidine rings is 1. The van der Waals surface area contributed by atoms with Crippen LogP contribution in [-0.4, -0.2) is 28.9 Å². The van der Waals surface area contributed by atoms with E-state index in [0.29, 0.717) is 5.92 Å². The second kappa shape index (κ2) is 6.10. The van der Waals surface area contributed by atoms with Crippen molar-refractivity contribution < 1.29 is 4.79 Å². The molecule has 0 radical (unpaired) electrons. The summed E-state index contributed by atoms with van der Waals surface area (Å²) in [5.74, 6) is 0.530. The average Bonchev–Trinajstić information content (AvgIpc) is 3.17. The molecule has 3 nitrogen and oxygen atoms in total. The second-order valence-corrected chi connectivity index (χ2v) is 8.52. The summed E-state index contributed by atoms with van der Waals surface area (Å²) in [4.78, 5) is 20.4. The lowest BCUT2D eigenvalue weighted by Crippen LogP contribution is -2.43. The number of hydrogen-bond acceptors (Lipinski definition) is 3. The van der Waals surface area contributed by atoms with Gasteiger partial charge >= 0.3 is 0 Å². The van der Waals surface area contributed by atoms with Gasteiger partial charge in [0.1, 0.15) is 4.88 Å². The van der Waals surface area contributed by atoms with Crippen molar-refractivity contribution in [2.45, 2.75) is 44.9 Å². The minimum Gasteiger partial charge on any atom is -0.338 e. The van der Waals surface area contributed by atoms with E-state index in [9.17, 15) is 4.79 Å². The van der Waals surface area contributed by atoms with Crippen LogP contribution in [0.3, 0.4) is 0 Å². The molecule has 2 aromatic rings. The summed E-state index contributed by atoms with van der Waals surface area (Å²) in [7, 11) is 0. The van der Waals surface area contributed by atoms with Gasteiger partial charge in [-0.1, -0.05) is 50.3 Å². The third-order valence-corrected chi connectivity index (χ3v) is 6.97. The van der Waals surface area contributed by atoms with E-state index in [4.69, 9.17) is 0 Å². The summed E-state index contributed by atoms with van der Waals surface area (Å²) in [5.41, 5.74) is 3.77. The van der Waals surface area contributed by atoms with Gasteiger partial charge in [-0.2, -0.15) is 0 Å². The van der Waals surface area contributed by atoms with Crippen LogP contribution in [0.2, 0.25) is 0 Å². The molecule has 0 bridgehead atoms.